The molecule has 4 nitrogen and oxygen atoms in total. The largest absolute Gasteiger partial charge is 0.396 e. The minimum absolute atomic E-state index is 0.0912. The van der Waals surface area contributed by atoms with Crippen LogP contribution in [0.2, 0.25) is 0 Å². The van der Waals surface area contributed by atoms with Crippen molar-refractivity contribution in [2.24, 2.45) is 5.84 Å². The van der Waals surface area contributed by atoms with Crippen molar-refractivity contribution in [3.8, 4) is 0 Å². The zero-order valence-corrected chi connectivity index (χ0v) is 9.64. The molecule has 0 radical (unpaired) electrons. The van der Waals surface area contributed by atoms with Crippen LogP contribution in [0.5, 0.6) is 0 Å². The lowest BCUT2D eigenvalue weighted by molar-refractivity contribution is -0.120. The highest BCUT2D eigenvalue weighted by molar-refractivity contribution is 8.01. The highest BCUT2D eigenvalue weighted by Crippen LogP contribution is 2.23. The van der Waals surface area contributed by atoms with Gasteiger partial charge in [0.15, 0.2) is 0 Å². The topological polar surface area (TPSA) is 75.3 Å². The highest BCUT2D eigenvalue weighted by Gasteiger charge is 2.19. The van der Waals surface area contributed by atoms with Crippen LogP contribution in [0.15, 0.2) is 0 Å². The number of carbonyl (C=O) groups excluding carboxylic acids is 1. The Morgan fingerprint density at radius 3 is 2.64 bits per heavy atom. The third-order valence-corrected chi connectivity index (χ3v) is 3.40. The number of nitrogens with one attached hydrogen (secondary N) is 1. The molecule has 0 bridgehead atoms. The average Bonchev–Trinajstić information content (AvgIpc) is 2.16. The van der Waals surface area contributed by atoms with Crippen molar-refractivity contribution in [1.82, 2.24) is 5.43 Å². The summed E-state index contributed by atoms with van der Waals surface area (Å²) in [5.74, 6) is 4.97. The molecule has 0 aromatic carbocycles. The number of amides is 1. The molecule has 84 valence electrons. The molecule has 0 aliphatic rings. The van der Waals surface area contributed by atoms with Crippen molar-refractivity contribution >= 4 is 17.7 Å². The number of aliphatic hydroxyl groups is 1. The van der Waals surface area contributed by atoms with Gasteiger partial charge in [0.2, 0.25) is 5.91 Å². The zero-order valence-electron chi connectivity index (χ0n) is 8.82. The molecule has 0 aliphatic heterocycles. The van der Waals surface area contributed by atoms with E-state index in [-0.39, 0.29) is 23.0 Å². The monoisotopic (exact) mass is 220 g/mol. The van der Waals surface area contributed by atoms with E-state index >= 15 is 0 Å². The molecule has 0 saturated carbocycles. The van der Waals surface area contributed by atoms with Gasteiger partial charge in [0.25, 0.3) is 0 Å². The van der Waals surface area contributed by atoms with Crippen molar-refractivity contribution in [1.29, 1.82) is 0 Å². The fourth-order valence-electron chi connectivity index (χ4n) is 1.15. The first kappa shape index (κ1) is 13.7. The van der Waals surface area contributed by atoms with E-state index in [4.69, 9.17) is 10.9 Å². The summed E-state index contributed by atoms with van der Waals surface area (Å²) in [6.07, 6.45) is 2.49. The summed E-state index contributed by atoms with van der Waals surface area (Å²) >= 11 is 1.57. The second kappa shape index (κ2) is 8.08. The molecule has 1 amide bonds. The van der Waals surface area contributed by atoms with Crippen molar-refractivity contribution in [2.45, 2.75) is 43.6 Å². The van der Waals surface area contributed by atoms with Gasteiger partial charge in [-0.05, 0) is 12.8 Å². The van der Waals surface area contributed by atoms with Gasteiger partial charge >= 0.3 is 0 Å². The normalized spacial score (nSPS) is 14.9. The number of carbonyl (C=O) groups is 1. The number of rotatable bonds is 7. The van der Waals surface area contributed by atoms with Gasteiger partial charge in [0.05, 0.1) is 5.25 Å². The maximum Gasteiger partial charge on any atom is 0.246 e. The molecule has 0 saturated heterocycles. The standard InChI is InChI=1S/C9H20N2O2S/c1-3-4-8(9(13)11-10)14-7(2)5-6-12/h7-8,12H,3-6,10H2,1-2H3,(H,11,13). The number of nitrogens with two attached hydrogens (primary N) is 1. The maximum atomic E-state index is 11.3. The predicted molar refractivity (Wildman–Crippen MR) is 59.8 cm³/mol. The Bertz CT molecular complexity index is 167. The molecule has 2 unspecified atom stereocenters. The Kier molecular flexibility index (Phi) is 7.93. The van der Waals surface area contributed by atoms with E-state index < -0.39 is 0 Å². The van der Waals surface area contributed by atoms with Crippen LogP contribution in [0.3, 0.4) is 0 Å². The second-order valence-electron chi connectivity index (χ2n) is 3.24. The quantitative estimate of drug-likeness (QED) is 0.334. The molecule has 0 rings (SSSR count). The maximum absolute atomic E-state index is 11.3. The van der Waals surface area contributed by atoms with Crippen LogP contribution in [-0.4, -0.2) is 28.1 Å². The second-order valence-corrected chi connectivity index (χ2v) is 4.89. The predicted octanol–water partition coefficient (Wildman–Crippen LogP) is 0.649. The Labute approximate surface area is 89.6 Å². The van der Waals surface area contributed by atoms with E-state index in [2.05, 4.69) is 5.43 Å². The molecular formula is C9H20N2O2S. The van der Waals surface area contributed by atoms with E-state index in [1.165, 1.54) is 0 Å². The Morgan fingerprint density at radius 1 is 1.57 bits per heavy atom. The van der Waals surface area contributed by atoms with Crippen molar-refractivity contribution in [2.75, 3.05) is 6.61 Å². The number of hydrazine groups is 1. The summed E-state index contributed by atoms with van der Waals surface area (Å²) in [4.78, 5) is 11.3. The van der Waals surface area contributed by atoms with E-state index in [0.29, 0.717) is 6.42 Å². The fourth-order valence-corrected chi connectivity index (χ4v) is 2.51. The molecule has 0 fully saturated rings. The lowest BCUT2D eigenvalue weighted by Crippen LogP contribution is -2.38. The Balaban J connectivity index is 4.01. The molecule has 5 heteroatoms. The molecule has 0 heterocycles. The summed E-state index contributed by atoms with van der Waals surface area (Å²) in [5, 5.41) is 8.93. The molecule has 2 atom stereocenters. The first-order valence-corrected chi connectivity index (χ1v) is 5.86. The lowest BCUT2D eigenvalue weighted by Gasteiger charge is -2.18. The summed E-state index contributed by atoms with van der Waals surface area (Å²) < 4.78 is 0. The van der Waals surface area contributed by atoms with Gasteiger partial charge < -0.3 is 5.11 Å². The van der Waals surface area contributed by atoms with Crippen LogP contribution in [0, 0.1) is 0 Å². The number of hydrogen-bond acceptors (Lipinski definition) is 4. The highest BCUT2D eigenvalue weighted by atomic mass is 32.2. The fraction of sp³-hybridized carbons (Fsp3) is 0.889. The molecule has 14 heavy (non-hydrogen) atoms. The Hall–Kier alpha value is -0.260. The summed E-state index contributed by atoms with van der Waals surface area (Å²) in [6, 6.07) is 0. The van der Waals surface area contributed by atoms with Crippen molar-refractivity contribution in [3.05, 3.63) is 0 Å². The van der Waals surface area contributed by atoms with Crippen LogP contribution in [0.4, 0.5) is 0 Å². The zero-order chi connectivity index (χ0) is 11.0. The van der Waals surface area contributed by atoms with Gasteiger partial charge in [-0.1, -0.05) is 20.3 Å². The molecule has 4 N–H and O–H groups in total. The minimum atomic E-state index is -0.123. The van der Waals surface area contributed by atoms with E-state index in [1.54, 1.807) is 11.8 Å². The smallest absolute Gasteiger partial charge is 0.246 e. The van der Waals surface area contributed by atoms with Gasteiger partial charge in [-0.2, -0.15) is 0 Å². The number of hydrogen-bond donors (Lipinski definition) is 3. The molecular weight excluding hydrogens is 200 g/mol. The van der Waals surface area contributed by atoms with Crippen LogP contribution in [0.1, 0.15) is 33.1 Å². The van der Waals surface area contributed by atoms with Gasteiger partial charge in [0.1, 0.15) is 0 Å². The molecule has 0 spiro atoms. The summed E-state index contributed by atoms with van der Waals surface area (Å²) in [5.41, 5.74) is 2.18. The number of thioether (sulfide) groups is 1. The van der Waals surface area contributed by atoms with E-state index in [9.17, 15) is 4.79 Å². The van der Waals surface area contributed by atoms with Crippen LogP contribution in [-0.2, 0) is 4.79 Å². The van der Waals surface area contributed by atoms with Crippen LogP contribution < -0.4 is 11.3 Å². The van der Waals surface area contributed by atoms with Gasteiger partial charge in [-0.3, -0.25) is 10.2 Å². The lowest BCUT2D eigenvalue weighted by atomic mass is 10.2. The summed E-state index contributed by atoms with van der Waals surface area (Å²) in [7, 11) is 0. The van der Waals surface area contributed by atoms with Crippen LogP contribution >= 0.6 is 11.8 Å². The Morgan fingerprint density at radius 2 is 2.21 bits per heavy atom. The van der Waals surface area contributed by atoms with Crippen LogP contribution in [0.25, 0.3) is 0 Å². The minimum Gasteiger partial charge on any atom is -0.396 e. The SMILES string of the molecule is CCCC(SC(C)CCO)C(=O)NN. The summed E-state index contributed by atoms with van der Waals surface area (Å²) in [6.45, 7) is 4.21. The molecule has 0 aromatic rings. The van der Waals surface area contributed by atoms with E-state index in [1.807, 2.05) is 13.8 Å². The first-order chi connectivity index (χ1) is 6.65. The molecule has 0 aromatic heterocycles. The molecule has 0 aliphatic carbocycles. The third-order valence-electron chi connectivity index (χ3n) is 1.92. The van der Waals surface area contributed by atoms with Crippen molar-refractivity contribution in [3.63, 3.8) is 0 Å². The number of aliphatic hydroxyl groups excluding tert-OH is 1. The first-order valence-electron chi connectivity index (χ1n) is 4.92. The van der Waals surface area contributed by atoms with Gasteiger partial charge in [0, 0.05) is 11.9 Å². The van der Waals surface area contributed by atoms with Crippen molar-refractivity contribution < 1.29 is 9.90 Å². The van der Waals surface area contributed by atoms with Gasteiger partial charge in [-0.25, -0.2) is 5.84 Å². The van der Waals surface area contributed by atoms with E-state index in [0.717, 1.165) is 12.8 Å². The van der Waals surface area contributed by atoms with Gasteiger partial charge in [-0.15, -0.1) is 11.8 Å². The average molecular weight is 220 g/mol. The third kappa shape index (κ3) is 5.47.